The summed E-state index contributed by atoms with van der Waals surface area (Å²) in [7, 11) is 0. The number of halogens is 1. The van der Waals surface area contributed by atoms with E-state index in [-0.39, 0.29) is 5.75 Å². The fraction of sp³-hybridized carbons (Fsp3) is 0.400. The lowest BCUT2D eigenvalue weighted by molar-refractivity contribution is -0.140. The SMILES string of the molecule is O=C1NCCNC1=O.O=CCl. The van der Waals surface area contributed by atoms with Crippen LogP contribution in [0.4, 0.5) is 0 Å². The van der Waals surface area contributed by atoms with Crippen LogP contribution in [0, 0.1) is 0 Å². The van der Waals surface area contributed by atoms with Crippen LogP contribution in [-0.4, -0.2) is 30.6 Å². The molecule has 1 heterocycles. The maximum Gasteiger partial charge on any atom is 0.309 e. The Labute approximate surface area is 68.1 Å². The molecule has 2 amide bonds. The molecule has 1 rings (SSSR count). The predicted octanol–water partition coefficient (Wildman–Crippen LogP) is -1.35. The van der Waals surface area contributed by atoms with E-state index in [0.717, 1.165) is 0 Å². The molecule has 1 aliphatic heterocycles. The summed E-state index contributed by atoms with van der Waals surface area (Å²) in [5.74, 6) is -0.840. The molecule has 6 heteroatoms. The zero-order chi connectivity index (χ0) is 8.69. The van der Waals surface area contributed by atoms with Gasteiger partial charge in [-0.15, -0.1) is 0 Å². The first-order chi connectivity index (χ1) is 5.22. The third kappa shape index (κ3) is 4.32. The zero-order valence-corrected chi connectivity index (χ0v) is 6.35. The van der Waals surface area contributed by atoms with Crippen molar-refractivity contribution in [1.29, 1.82) is 0 Å². The second kappa shape index (κ2) is 5.67. The molecule has 0 bridgehead atoms. The highest BCUT2D eigenvalue weighted by atomic mass is 35.5. The van der Waals surface area contributed by atoms with Gasteiger partial charge in [-0.25, -0.2) is 0 Å². The van der Waals surface area contributed by atoms with Crippen LogP contribution in [0.1, 0.15) is 0 Å². The topological polar surface area (TPSA) is 75.3 Å². The largest absolute Gasteiger partial charge is 0.346 e. The average molecular weight is 179 g/mol. The number of carbonyl (C=O) groups excluding carboxylic acids is 3. The highest BCUT2D eigenvalue weighted by Crippen LogP contribution is 1.73. The lowest BCUT2D eigenvalue weighted by Gasteiger charge is -2.10. The van der Waals surface area contributed by atoms with Gasteiger partial charge in [0.15, 0.2) is 0 Å². The zero-order valence-electron chi connectivity index (χ0n) is 5.59. The molecule has 0 unspecified atom stereocenters. The molecule has 11 heavy (non-hydrogen) atoms. The molecule has 1 fully saturated rings. The minimum Gasteiger partial charge on any atom is -0.346 e. The second-order valence-corrected chi connectivity index (χ2v) is 1.78. The molecule has 62 valence electrons. The van der Waals surface area contributed by atoms with Gasteiger partial charge in [-0.05, 0) is 11.6 Å². The first-order valence-corrected chi connectivity index (χ1v) is 3.26. The summed E-state index contributed by atoms with van der Waals surface area (Å²) in [4.78, 5) is 29.1. The molecule has 0 spiro atoms. The van der Waals surface area contributed by atoms with E-state index in [1.807, 2.05) is 0 Å². The quantitative estimate of drug-likeness (QED) is 0.274. The van der Waals surface area contributed by atoms with E-state index in [9.17, 15) is 9.59 Å². The fourth-order valence-electron chi connectivity index (χ4n) is 0.513. The van der Waals surface area contributed by atoms with E-state index in [1.54, 1.807) is 0 Å². The van der Waals surface area contributed by atoms with Gasteiger partial charge in [0.1, 0.15) is 0 Å². The molecular formula is C5H7ClN2O3. The van der Waals surface area contributed by atoms with Crippen molar-refractivity contribution in [2.24, 2.45) is 0 Å². The Balaban J connectivity index is 0.000000292. The van der Waals surface area contributed by atoms with Crippen LogP contribution >= 0.6 is 11.6 Å². The van der Waals surface area contributed by atoms with Gasteiger partial charge in [-0.2, -0.15) is 0 Å². The third-order valence-electron chi connectivity index (χ3n) is 0.902. The Hall–Kier alpha value is -1.10. The van der Waals surface area contributed by atoms with Crippen molar-refractivity contribution in [1.82, 2.24) is 10.6 Å². The lowest BCUT2D eigenvalue weighted by atomic mass is 10.4. The van der Waals surface area contributed by atoms with E-state index in [1.165, 1.54) is 0 Å². The van der Waals surface area contributed by atoms with Gasteiger partial charge in [-0.1, -0.05) is 0 Å². The molecule has 2 N–H and O–H groups in total. The molecule has 0 aromatic rings. The van der Waals surface area contributed by atoms with Gasteiger partial charge in [0, 0.05) is 13.1 Å². The average Bonchev–Trinajstić information content (AvgIpc) is 1.97. The molecule has 0 radical (unpaired) electrons. The Morgan fingerprint density at radius 1 is 1.18 bits per heavy atom. The Morgan fingerprint density at radius 2 is 1.45 bits per heavy atom. The van der Waals surface area contributed by atoms with Gasteiger partial charge < -0.3 is 10.6 Å². The molecule has 0 saturated carbocycles. The number of hydrogen-bond acceptors (Lipinski definition) is 3. The number of piperazine rings is 1. The Morgan fingerprint density at radius 3 is 1.64 bits per heavy atom. The minimum atomic E-state index is -0.531. The van der Waals surface area contributed by atoms with Gasteiger partial charge in [0.05, 0.1) is 0 Å². The minimum absolute atomic E-state index is 0.222. The molecule has 0 aromatic heterocycles. The first-order valence-electron chi connectivity index (χ1n) is 2.82. The van der Waals surface area contributed by atoms with Crippen LogP contribution in [0.25, 0.3) is 0 Å². The summed E-state index contributed by atoms with van der Waals surface area (Å²) >= 11 is 4.32. The number of carbonyl (C=O) groups is 3. The molecule has 1 aliphatic rings. The highest BCUT2D eigenvalue weighted by Gasteiger charge is 2.15. The van der Waals surface area contributed by atoms with Crippen molar-refractivity contribution in [3.63, 3.8) is 0 Å². The summed E-state index contributed by atoms with van der Waals surface area (Å²) in [6.07, 6.45) is 0. The van der Waals surface area contributed by atoms with Crippen molar-refractivity contribution < 1.29 is 14.4 Å². The lowest BCUT2D eigenvalue weighted by Crippen LogP contribution is -2.49. The number of rotatable bonds is 0. The van der Waals surface area contributed by atoms with Crippen LogP contribution in [0.15, 0.2) is 0 Å². The molecule has 5 nitrogen and oxygen atoms in total. The summed E-state index contributed by atoms with van der Waals surface area (Å²) < 4.78 is 0. The standard InChI is InChI=1S/C4H6N2O2.CHClO/c7-3-4(8)6-2-1-5-3;2-1-3/h1-2H2,(H,5,7)(H,6,8);1H. The van der Waals surface area contributed by atoms with E-state index in [0.29, 0.717) is 13.1 Å². The Kier molecular flexibility index (Phi) is 5.10. The number of amides is 2. The van der Waals surface area contributed by atoms with E-state index >= 15 is 0 Å². The van der Waals surface area contributed by atoms with Crippen molar-refractivity contribution in [2.75, 3.05) is 13.1 Å². The summed E-state index contributed by atoms with van der Waals surface area (Å²) in [5, 5.41) is 4.76. The van der Waals surface area contributed by atoms with E-state index in [4.69, 9.17) is 4.79 Å². The van der Waals surface area contributed by atoms with Crippen LogP contribution in [0.3, 0.4) is 0 Å². The van der Waals surface area contributed by atoms with Gasteiger partial charge in [-0.3, -0.25) is 14.4 Å². The third-order valence-corrected chi connectivity index (χ3v) is 0.902. The van der Waals surface area contributed by atoms with Crippen molar-refractivity contribution >= 4 is 29.2 Å². The van der Waals surface area contributed by atoms with Crippen molar-refractivity contribution in [3.05, 3.63) is 0 Å². The van der Waals surface area contributed by atoms with Crippen LogP contribution < -0.4 is 10.6 Å². The molecule has 1 saturated heterocycles. The second-order valence-electron chi connectivity index (χ2n) is 1.60. The highest BCUT2D eigenvalue weighted by molar-refractivity contribution is 6.54. The van der Waals surface area contributed by atoms with E-state index < -0.39 is 11.8 Å². The summed E-state index contributed by atoms with van der Waals surface area (Å²) in [6.45, 7) is 1.09. The van der Waals surface area contributed by atoms with Crippen molar-refractivity contribution in [3.8, 4) is 0 Å². The summed E-state index contributed by atoms with van der Waals surface area (Å²) in [5.41, 5.74) is 0. The maximum atomic E-state index is 10.3. The Bertz CT molecular complexity index is 155. The van der Waals surface area contributed by atoms with Gasteiger partial charge >= 0.3 is 11.8 Å². The van der Waals surface area contributed by atoms with Crippen LogP contribution in [0.5, 0.6) is 0 Å². The van der Waals surface area contributed by atoms with Crippen LogP contribution in [-0.2, 0) is 14.4 Å². The van der Waals surface area contributed by atoms with Gasteiger partial charge in [0.2, 0.25) is 5.75 Å². The normalized spacial score (nSPS) is 15.4. The molecule has 0 atom stereocenters. The number of nitrogens with one attached hydrogen (secondary N) is 2. The predicted molar refractivity (Wildman–Crippen MR) is 38.6 cm³/mol. The van der Waals surface area contributed by atoms with Crippen LogP contribution in [0.2, 0.25) is 0 Å². The molecular weight excluding hydrogens is 172 g/mol. The molecule has 0 aliphatic carbocycles. The van der Waals surface area contributed by atoms with E-state index in [2.05, 4.69) is 22.2 Å². The fourth-order valence-corrected chi connectivity index (χ4v) is 0.513. The number of hydrogen-bond donors (Lipinski definition) is 2. The smallest absolute Gasteiger partial charge is 0.309 e. The first kappa shape index (κ1) is 9.90. The molecule has 0 aromatic carbocycles. The summed E-state index contributed by atoms with van der Waals surface area (Å²) in [6, 6.07) is 0. The maximum absolute atomic E-state index is 10.3. The van der Waals surface area contributed by atoms with Gasteiger partial charge in [0.25, 0.3) is 0 Å². The monoisotopic (exact) mass is 178 g/mol. The van der Waals surface area contributed by atoms with Crippen molar-refractivity contribution in [2.45, 2.75) is 0 Å².